The van der Waals surface area contributed by atoms with Crippen molar-refractivity contribution >= 4 is 35.3 Å². The number of hydrogen-bond acceptors (Lipinski definition) is 6. The number of rotatable bonds is 5. The van der Waals surface area contributed by atoms with Crippen molar-refractivity contribution in [2.45, 2.75) is 11.9 Å². The first-order chi connectivity index (χ1) is 12.1. The zero-order valence-corrected chi connectivity index (χ0v) is 14.0. The van der Waals surface area contributed by atoms with E-state index in [9.17, 15) is 19.6 Å². The summed E-state index contributed by atoms with van der Waals surface area (Å²) in [5.41, 5.74) is 0.782. The predicted molar refractivity (Wildman–Crippen MR) is 90.1 cm³/mol. The maximum absolute atomic E-state index is 12.3. The molecule has 0 radical (unpaired) electrons. The highest BCUT2D eigenvalue weighted by atomic mass is 32.2. The smallest absolute Gasteiger partial charge is 0.262 e. The van der Waals surface area contributed by atoms with Gasteiger partial charge in [-0.25, -0.2) is 0 Å². The van der Waals surface area contributed by atoms with Gasteiger partial charge in [0.05, 0.1) is 11.1 Å². The molecule has 25 heavy (non-hydrogen) atoms. The molecule has 1 aromatic heterocycles. The summed E-state index contributed by atoms with van der Waals surface area (Å²) >= 11 is 1.36. The van der Waals surface area contributed by atoms with Gasteiger partial charge in [-0.1, -0.05) is 19.1 Å². The Kier molecular flexibility index (Phi) is 4.54. The highest BCUT2D eigenvalue weighted by molar-refractivity contribution is 7.99. The largest absolute Gasteiger partial charge is 0.308 e. The molecule has 3 amide bonds. The SMILES string of the molecule is CCSc1n[nH]c(NC(=O)CN2C(=O)c3ccccc3C2=O)c1C#N. The third-order valence-corrected chi connectivity index (χ3v) is 4.43. The molecule has 126 valence electrons. The molecule has 0 atom stereocenters. The number of hydrogen-bond donors (Lipinski definition) is 2. The molecule has 0 spiro atoms. The van der Waals surface area contributed by atoms with E-state index >= 15 is 0 Å². The molecule has 2 aromatic rings. The Morgan fingerprint density at radius 2 is 1.96 bits per heavy atom. The number of aromatic nitrogens is 2. The molecule has 0 saturated carbocycles. The van der Waals surface area contributed by atoms with Gasteiger partial charge in [0.15, 0.2) is 0 Å². The number of carbonyl (C=O) groups is 3. The van der Waals surface area contributed by atoms with Crippen molar-refractivity contribution in [1.29, 1.82) is 5.26 Å². The topological polar surface area (TPSA) is 119 Å². The van der Waals surface area contributed by atoms with Crippen LogP contribution in [0.25, 0.3) is 0 Å². The summed E-state index contributed by atoms with van der Waals surface area (Å²) in [7, 11) is 0. The van der Waals surface area contributed by atoms with E-state index < -0.39 is 24.3 Å². The molecule has 1 aliphatic rings. The molecule has 0 aliphatic carbocycles. The highest BCUT2D eigenvalue weighted by Crippen LogP contribution is 2.25. The van der Waals surface area contributed by atoms with Crippen LogP contribution in [0.2, 0.25) is 0 Å². The monoisotopic (exact) mass is 355 g/mol. The van der Waals surface area contributed by atoms with E-state index in [1.54, 1.807) is 24.3 Å². The normalized spacial score (nSPS) is 12.9. The van der Waals surface area contributed by atoms with Crippen molar-refractivity contribution in [3.8, 4) is 6.07 Å². The first-order valence-corrected chi connectivity index (χ1v) is 8.41. The first-order valence-electron chi connectivity index (χ1n) is 7.43. The van der Waals surface area contributed by atoms with Crippen LogP contribution < -0.4 is 5.32 Å². The maximum atomic E-state index is 12.3. The van der Waals surface area contributed by atoms with E-state index in [0.29, 0.717) is 5.03 Å². The lowest BCUT2D eigenvalue weighted by atomic mass is 10.1. The molecule has 8 nitrogen and oxygen atoms in total. The van der Waals surface area contributed by atoms with Crippen molar-refractivity contribution in [2.24, 2.45) is 0 Å². The highest BCUT2D eigenvalue weighted by Gasteiger charge is 2.36. The van der Waals surface area contributed by atoms with Crippen LogP contribution in [-0.4, -0.2) is 45.1 Å². The Labute approximate surface area is 147 Å². The van der Waals surface area contributed by atoms with Crippen LogP contribution in [0.1, 0.15) is 33.2 Å². The lowest BCUT2D eigenvalue weighted by Gasteiger charge is -2.13. The number of carbonyl (C=O) groups excluding carboxylic acids is 3. The van der Waals surface area contributed by atoms with Crippen molar-refractivity contribution in [3.05, 3.63) is 41.0 Å². The van der Waals surface area contributed by atoms with Crippen LogP contribution in [0.5, 0.6) is 0 Å². The van der Waals surface area contributed by atoms with Gasteiger partial charge in [0.25, 0.3) is 11.8 Å². The lowest BCUT2D eigenvalue weighted by molar-refractivity contribution is -0.116. The second kappa shape index (κ2) is 6.78. The van der Waals surface area contributed by atoms with Crippen molar-refractivity contribution < 1.29 is 14.4 Å². The number of H-pyrrole nitrogens is 1. The fourth-order valence-electron chi connectivity index (χ4n) is 2.47. The Hall–Kier alpha value is -3.12. The van der Waals surface area contributed by atoms with Gasteiger partial charge in [0, 0.05) is 0 Å². The van der Waals surface area contributed by atoms with Crippen LogP contribution in [-0.2, 0) is 4.79 Å². The van der Waals surface area contributed by atoms with E-state index in [1.807, 2.05) is 13.0 Å². The van der Waals surface area contributed by atoms with Gasteiger partial charge >= 0.3 is 0 Å². The van der Waals surface area contributed by atoms with Crippen LogP contribution >= 0.6 is 11.8 Å². The van der Waals surface area contributed by atoms with Crippen LogP contribution in [0, 0.1) is 11.3 Å². The molecular weight excluding hydrogens is 342 g/mol. The summed E-state index contributed by atoms with van der Waals surface area (Å²) in [6.45, 7) is 1.48. The van der Waals surface area contributed by atoms with Gasteiger partial charge < -0.3 is 5.32 Å². The Balaban J connectivity index is 1.74. The summed E-state index contributed by atoms with van der Waals surface area (Å²) < 4.78 is 0. The molecule has 0 saturated heterocycles. The minimum Gasteiger partial charge on any atom is -0.308 e. The fraction of sp³-hybridized carbons (Fsp3) is 0.188. The minimum atomic E-state index is -0.595. The number of amides is 3. The molecule has 0 fully saturated rings. The minimum absolute atomic E-state index is 0.153. The molecule has 1 aliphatic heterocycles. The average molecular weight is 355 g/mol. The van der Waals surface area contributed by atoms with E-state index in [-0.39, 0.29) is 22.5 Å². The third-order valence-electron chi connectivity index (χ3n) is 3.57. The Morgan fingerprint density at radius 1 is 1.32 bits per heavy atom. The van der Waals surface area contributed by atoms with Crippen LogP contribution in [0.15, 0.2) is 29.3 Å². The number of nitrogens with zero attached hydrogens (tertiary/aromatic N) is 3. The van der Waals surface area contributed by atoms with Crippen molar-refractivity contribution in [2.75, 3.05) is 17.6 Å². The summed E-state index contributed by atoms with van der Waals surface area (Å²) in [5.74, 6) is -0.740. The molecule has 9 heteroatoms. The van der Waals surface area contributed by atoms with Gasteiger partial charge in [-0.2, -0.15) is 10.4 Å². The van der Waals surface area contributed by atoms with E-state index in [1.165, 1.54) is 11.8 Å². The van der Waals surface area contributed by atoms with E-state index in [0.717, 1.165) is 10.7 Å². The number of aromatic amines is 1. The molecular formula is C16H13N5O3S. The molecule has 2 N–H and O–H groups in total. The second-order valence-electron chi connectivity index (χ2n) is 5.11. The van der Waals surface area contributed by atoms with E-state index in [2.05, 4.69) is 15.5 Å². The molecule has 0 bridgehead atoms. The number of nitriles is 1. The quantitative estimate of drug-likeness (QED) is 0.621. The summed E-state index contributed by atoms with van der Waals surface area (Å²) in [6, 6.07) is 8.39. The van der Waals surface area contributed by atoms with Gasteiger partial charge in [-0.3, -0.25) is 24.4 Å². The summed E-state index contributed by atoms with van der Waals surface area (Å²) in [5, 5.41) is 18.8. The van der Waals surface area contributed by atoms with Gasteiger partial charge in [-0.15, -0.1) is 11.8 Å². The molecule has 3 rings (SSSR count). The van der Waals surface area contributed by atoms with Gasteiger partial charge in [0.1, 0.15) is 29.0 Å². The van der Waals surface area contributed by atoms with Crippen molar-refractivity contribution in [3.63, 3.8) is 0 Å². The second-order valence-corrected chi connectivity index (χ2v) is 6.37. The molecule has 1 aromatic carbocycles. The Morgan fingerprint density at radius 3 is 2.52 bits per heavy atom. The summed E-state index contributed by atoms with van der Waals surface area (Å²) in [4.78, 5) is 37.6. The first kappa shape index (κ1) is 16.7. The fourth-order valence-corrected chi connectivity index (χ4v) is 3.14. The summed E-state index contributed by atoms with van der Waals surface area (Å²) in [6.07, 6.45) is 0. The third kappa shape index (κ3) is 2.99. The predicted octanol–water partition coefficient (Wildman–Crippen LogP) is 1.63. The molecule has 0 unspecified atom stereocenters. The van der Waals surface area contributed by atoms with Gasteiger partial charge in [-0.05, 0) is 17.9 Å². The molecule has 2 heterocycles. The number of imide groups is 1. The van der Waals surface area contributed by atoms with E-state index in [4.69, 9.17) is 0 Å². The number of benzene rings is 1. The lowest BCUT2D eigenvalue weighted by Crippen LogP contribution is -2.37. The van der Waals surface area contributed by atoms with Crippen LogP contribution in [0.4, 0.5) is 5.82 Å². The number of anilines is 1. The number of thioether (sulfide) groups is 1. The van der Waals surface area contributed by atoms with Crippen LogP contribution in [0.3, 0.4) is 0 Å². The zero-order chi connectivity index (χ0) is 18.0. The average Bonchev–Trinajstić information content (AvgIpc) is 3.09. The Bertz CT molecular complexity index is 880. The van der Waals surface area contributed by atoms with Gasteiger partial charge in [0.2, 0.25) is 5.91 Å². The maximum Gasteiger partial charge on any atom is 0.262 e. The number of nitrogens with one attached hydrogen (secondary N) is 2. The van der Waals surface area contributed by atoms with Crippen molar-refractivity contribution in [1.82, 2.24) is 15.1 Å². The standard InChI is InChI=1S/C16H13N5O3S/c1-2-25-14-11(7-17)13(19-20-14)18-12(22)8-21-15(23)9-5-3-4-6-10(9)16(21)24/h3-6H,2,8H2,1H3,(H2,18,19,20,22). The number of fused-ring (bicyclic) bond motifs is 1. The zero-order valence-electron chi connectivity index (χ0n) is 13.2.